The van der Waals surface area contributed by atoms with Crippen LogP contribution < -0.4 is 5.32 Å². The number of halogens is 1. The van der Waals surface area contributed by atoms with Crippen LogP contribution in [0.4, 0.5) is 5.69 Å². The first-order valence-electron chi connectivity index (χ1n) is 8.50. The standard InChI is InChI=1S/C21H14ClN5O/c22-19-9-18(7-6-15(19)10-23)26-21(28)17-8-16-12-25-27(20(16)24-11-17)13-14-4-2-1-3-5-14/h1-9,11-12H,13H2,(H,26,28). The number of benzene rings is 2. The zero-order valence-corrected chi connectivity index (χ0v) is 15.4. The summed E-state index contributed by atoms with van der Waals surface area (Å²) >= 11 is 6.01. The van der Waals surface area contributed by atoms with Gasteiger partial charge < -0.3 is 5.32 Å². The van der Waals surface area contributed by atoms with Crippen molar-refractivity contribution in [2.75, 3.05) is 5.32 Å². The number of rotatable bonds is 4. The van der Waals surface area contributed by atoms with Crippen molar-refractivity contribution in [3.05, 3.63) is 88.7 Å². The van der Waals surface area contributed by atoms with Crippen LogP contribution in [-0.4, -0.2) is 20.7 Å². The first-order valence-corrected chi connectivity index (χ1v) is 8.88. The number of carbonyl (C=O) groups is 1. The number of anilines is 1. The molecule has 4 aromatic rings. The van der Waals surface area contributed by atoms with Crippen LogP contribution in [0.25, 0.3) is 11.0 Å². The molecule has 0 aliphatic heterocycles. The van der Waals surface area contributed by atoms with Crippen LogP contribution in [0.5, 0.6) is 0 Å². The predicted octanol–water partition coefficient (Wildman–Crippen LogP) is 4.26. The number of amides is 1. The highest BCUT2D eigenvalue weighted by Gasteiger charge is 2.12. The molecule has 0 radical (unpaired) electrons. The van der Waals surface area contributed by atoms with Gasteiger partial charge in [0.25, 0.3) is 5.91 Å². The fourth-order valence-electron chi connectivity index (χ4n) is 2.85. The Hall–Kier alpha value is -3.69. The van der Waals surface area contributed by atoms with Gasteiger partial charge in [0.1, 0.15) is 6.07 Å². The fraction of sp³-hybridized carbons (Fsp3) is 0.0476. The number of hydrogen-bond donors (Lipinski definition) is 1. The van der Waals surface area contributed by atoms with Crippen molar-refractivity contribution in [3.63, 3.8) is 0 Å². The third-order valence-electron chi connectivity index (χ3n) is 4.26. The molecule has 4 rings (SSSR count). The normalized spacial score (nSPS) is 10.6. The molecule has 0 bridgehead atoms. The van der Waals surface area contributed by atoms with Gasteiger partial charge in [0.05, 0.1) is 28.9 Å². The van der Waals surface area contributed by atoms with Crippen LogP contribution in [0.2, 0.25) is 5.02 Å². The van der Waals surface area contributed by atoms with Gasteiger partial charge in [0.15, 0.2) is 5.65 Å². The van der Waals surface area contributed by atoms with Crippen LogP contribution in [0.1, 0.15) is 21.5 Å². The molecule has 0 spiro atoms. The molecule has 0 aliphatic carbocycles. The van der Waals surface area contributed by atoms with Gasteiger partial charge in [-0.05, 0) is 29.8 Å². The molecule has 0 aliphatic rings. The van der Waals surface area contributed by atoms with Gasteiger partial charge in [-0.15, -0.1) is 0 Å². The molecule has 7 heteroatoms. The number of pyridine rings is 1. The molecule has 0 fully saturated rings. The van der Waals surface area contributed by atoms with Crippen molar-refractivity contribution >= 4 is 34.2 Å². The van der Waals surface area contributed by atoms with E-state index < -0.39 is 0 Å². The summed E-state index contributed by atoms with van der Waals surface area (Å²) in [5, 5.41) is 17.1. The van der Waals surface area contributed by atoms with E-state index in [-0.39, 0.29) is 10.9 Å². The van der Waals surface area contributed by atoms with Crippen LogP contribution in [0.15, 0.2) is 67.0 Å². The van der Waals surface area contributed by atoms with Gasteiger partial charge in [-0.2, -0.15) is 10.4 Å². The highest BCUT2D eigenvalue weighted by molar-refractivity contribution is 6.32. The maximum atomic E-state index is 12.5. The Morgan fingerprint density at radius 2 is 1.96 bits per heavy atom. The van der Waals surface area contributed by atoms with E-state index in [0.717, 1.165) is 10.9 Å². The van der Waals surface area contributed by atoms with E-state index in [9.17, 15) is 4.79 Å². The van der Waals surface area contributed by atoms with Crippen molar-refractivity contribution in [1.29, 1.82) is 5.26 Å². The van der Waals surface area contributed by atoms with Crippen LogP contribution in [-0.2, 0) is 6.54 Å². The van der Waals surface area contributed by atoms with E-state index in [1.807, 2.05) is 36.4 Å². The minimum atomic E-state index is -0.314. The highest BCUT2D eigenvalue weighted by Crippen LogP contribution is 2.21. The lowest BCUT2D eigenvalue weighted by Crippen LogP contribution is -2.12. The smallest absolute Gasteiger partial charge is 0.257 e. The topological polar surface area (TPSA) is 83.6 Å². The fourth-order valence-corrected chi connectivity index (χ4v) is 3.08. The first kappa shape index (κ1) is 17.7. The zero-order chi connectivity index (χ0) is 19.5. The van der Waals surface area contributed by atoms with Crippen LogP contribution >= 0.6 is 11.6 Å². The van der Waals surface area contributed by atoms with Crippen molar-refractivity contribution in [2.24, 2.45) is 0 Å². The molecule has 2 heterocycles. The Labute approximate surface area is 166 Å². The molecular weight excluding hydrogens is 374 g/mol. The molecule has 0 unspecified atom stereocenters. The summed E-state index contributed by atoms with van der Waals surface area (Å²) in [6, 6.07) is 18.4. The number of carbonyl (C=O) groups excluding carboxylic acids is 1. The number of nitrogens with one attached hydrogen (secondary N) is 1. The van der Waals surface area contributed by atoms with E-state index in [0.29, 0.717) is 29.0 Å². The lowest BCUT2D eigenvalue weighted by atomic mass is 10.2. The van der Waals surface area contributed by atoms with Crippen molar-refractivity contribution in [1.82, 2.24) is 14.8 Å². The third-order valence-corrected chi connectivity index (χ3v) is 4.57. The van der Waals surface area contributed by atoms with Crippen LogP contribution in [0, 0.1) is 11.3 Å². The minimum Gasteiger partial charge on any atom is -0.322 e. The number of fused-ring (bicyclic) bond motifs is 1. The zero-order valence-electron chi connectivity index (χ0n) is 14.6. The molecule has 0 saturated carbocycles. The summed E-state index contributed by atoms with van der Waals surface area (Å²) in [7, 11) is 0. The molecule has 1 N–H and O–H groups in total. The monoisotopic (exact) mass is 387 g/mol. The summed E-state index contributed by atoms with van der Waals surface area (Å²) < 4.78 is 1.80. The SMILES string of the molecule is N#Cc1ccc(NC(=O)c2cnc3c(cnn3Cc3ccccc3)c2)cc1Cl. The average molecular weight is 388 g/mol. The molecule has 136 valence electrons. The molecule has 6 nitrogen and oxygen atoms in total. The summed E-state index contributed by atoms with van der Waals surface area (Å²) in [6.07, 6.45) is 3.22. The second-order valence-corrected chi connectivity index (χ2v) is 6.59. The van der Waals surface area contributed by atoms with Gasteiger partial charge in [-0.1, -0.05) is 41.9 Å². The third kappa shape index (κ3) is 3.56. The lowest BCUT2D eigenvalue weighted by Gasteiger charge is -2.07. The van der Waals surface area contributed by atoms with Crippen LogP contribution in [0.3, 0.4) is 0 Å². The Kier molecular flexibility index (Phi) is 4.75. The summed E-state index contributed by atoms with van der Waals surface area (Å²) in [6.45, 7) is 0.604. The van der Waals surface area contributed by atoms with Gasteiger partial charge in [-0.3, -0.25) is 4.79 Å². The molecule has 28 heavy (non-hydrogen) atoms. The van der Waals surface area contributed by atoms with Crippen molar-refractivity contribution < 1.29 is 4.79 Å². The molecular formula is C21H14ClN5O. The van der Waals surface area contributed by atoms with Gasteiger partial charge in [0, 0.05) is 17.3 Å². The largest absolute Gasteiger partial charge is 0.322 e. The Morgan fingerprint density at radius 1 is 1.14 bits per heavy atom. The van der Waals surface area contributed by atoms with Crippen molar-refractivity contribution in [3.8, 4) is 6.07 Å². The first-order chi connectivity index (χ1) is 13.6. The maximum absolute atomic E-state index is 12.5. The lowest BCUT2D eigenvalue weighted by molar-refractivity contribution is 0.102. The predicted molar refractivity (Wildman–Crippen MR) is 107 cm³/mol. The Balaban J connectivity index is 1.55. The number of aromatic nitrogens is 3. The second kappa shape index (κ2) is 7.51. The highest BCUT2D eigenvalue weighted by atomic mass is 35.5. The maximum Gasteiger partial charge on any atom is 0.257 e. The molecule has 0 atom stereocenters. The number of hydrogen-bond acceptors (Lipinski definition) is 4. The van der Waals surface area contributed by atoms with Crippen molar-refractivity contribution in [2.45, 2.75) is 6.54 Å². The average Bonchev–Trinajstić information content (AvgIpc) is 3.11. The van der Waals surface area contributed by atoms with Gasteiger partial charge >= 0.3 is 0 Å². The Bertz CT molecular complexity index is 1210. The van der Waals surface area contributed by atoms with E-state index in [1.165, 1.54) is 6.20 Å². The van der Waals surface area contributed by atoms with E-state index >= 15 is 0 Å². The van der Waals surface area contributed by atoms with Gasteiger partial charge in [0.2, 0.25) is 0 Å². The molecule has 2 aromatic carbocycles. The Morgan fingerprint density at radius 3 is 2.71 bits per heavy atom. The van der Waals surface area contributed by atoms with E-state index in [1.54, 1.807) is 35.1 Å². The number of nitrogens with zero attached hydrogens (tertiary/aromatic N) is 4. The molecule has 2 aromatic heterocycles. The minimum absolute atomic E-state index is 0.288. The van der Waals surface area contributed by atoms with E-state index in [2.05, 4.69) is 15.4 Å². The molecule has 1 amide bonds. The summed E-state index contributed by atoms with van der Waals surface area (Å²) in [5.74, 6) is -0.314. The second-order valence-electron chi connectivity index (χ2n) is 6.19. The quantitative estimate of drug-likeness (QED) is 0.567. The number of nitriles is 1. The van der Waals surface area contributed by atoms with E-state index in [4.69, 9.17) is 16.9 Å². The molecule has 0 saturated heterocycles. The summed E-state index contributed by atoms with van der Waals surface area (Å²) in [5.41, 5.74) is 3.10. The van der Waals surface area contributed by atoms with Gasteiger partial charge in [-0.25, -0.2) is 9.67 Å². The summed E-state index contributed by atoms with van der Waals surface area (Å²) in [4.78, 5) is 17.0.